The number of carbonyl (C=O) groups is 1. The van der Waals surface area contributed by atoms with Crippen molar-refractivity contribution in [2.45, 2.75) is 17.7 Å². The first kappa shape index (κ1) is 18.9. The molecule has 144 valence electrons. The van der Waals surface area contributed by atoms with E-state index in [0.29, 0.717) is 13.0 Å². The molecule has 2 heterocycles. The number of aliphatic carboxylic acids is 1. The topological polar surface area (TPSA) is 93.1 Å². The Bertz CT molecular complexity index is 812. The number of rotatable bonds is 4. The van der Waals surface area contributed by atoms with E-state index in [4.69, 9.17) is 4.74 Å². The highest BCUT2D eigenvalue weighted by molar-refractivity contribution is 7.89. The lowest BCUT2D eigenvalue weighted by Gasteiger charge is -2.34. The van der Waals surface area contributed by atoms with Crippen LogP contribution in [0.5, 0.6) is 5.75 Å². The first-order valence-electron chi connectivity index (χ1n) is 7.72. The molecule has 2 saturated heterocycles. The third-order valence-electron chi connectivity index (χ3n) is 4.74. The summed E-state index contributed by atoms with van der Waals surface area (Å²) < 4.78 is 72.7. The highest BCUT2D eigenvalue weighted by atomic mass is 32.2. The summed E-state index contributed by atoms with van der Waals surface area (Å²) in [5.74, 6) is -2.22. The molecule has 1 aromatic rings. The molecule has 2 atom stereocenters. The largest absolute Gasteiger partial charge is 0.573 e. The Balaban J connectivity index is 1.90. The van der Waals surface area contributed by atoms with Gasteiger partial charge in [-0.3, -0.25) is 4.79 Å². The summed E-state index contributed by atoms with van der Waals surface area (Å²) in [7, 11) is -4.18. The molecule has 1 N–H and O–H groups in total. The van der Waals surface area contributed by atoms with Crippen LogP contribution in [0.2, 0.25) is 0 Å². The van der Waals surface area contributed by atoms with Crippen LogP contribution in [0.15, 0.2) is 29.2 Å². The van der Waals surface area contributed by atoms with Gasteiger partial charge in [0.1, 0.15) is 11.2 Å². The normalized spacial score (nSPS) is 27.1. The van der Waals surface area contributed by atoms with Gasteiger partial charge < -0.3 is 14.6 Å². The number of carboxylic acids is 1. The summed E-state index contributed by atoms with van der Waals surface area (Å²) in [6.45, 7) is -0.0826. The minimum atomic E-state index is -4.95. The lowest BCUT2D eigenvalue weighted by atomic mass is 9.76. The number of ether oxygens (including phenoxy) is 2. The molecule has 0 amide bonds. The molecule has 11 heteroatoms. The number of benzene rings is 1. The van der Waals surface area contributed by atoms with Crippen LogP contribution in [0, 0.1) is 11.3 Å². The molecule has 0 radical (unpaired) electrons. The fraction of sp³-hybridized carbons (Fsp3) is 0.533. The summed E-state index contributed by atoms with van der Waals surface area (Å²) in [4.78, 5) is 11.3. The average Bonchev–Trinajstić information content (AvgIpc) is 2.95. The lowest BCUT2D eigenvalue weighted by Crippen LogP contribution is -2.46. The third kappa shape index (κ3) is 3.38. The van der Waals surface area contributed by atoms with Gasteiger partial charge in [-0.1, -0.05) is 6.07 Å². The van der Waals surface area contributed by atoms with Gasteiger partial charge in [-0.15, -0.1) is 13.2 Å². The molecular weight excluding hydrogens is 379 g/mol. The van der Waals surface area contributed by atoms with Gasteiger partial charge in [0.2, 0.25) is 10.0 Å². The molecule has 0 spiro atoms. The number of fused-ring (bicyclic) bond motifs is 1. The van der Waals surface area contributed by atoms with E-state index in [2.05, 4.69) is 4.74 Å². The standard InChI is InChI=1S/C15H16F3NO6S/c16-15(17,18)25-11-2-1-3-12(6-11)26(22,23)19-7-10-4-5-24-9-14(10,8-19)13(20)21/h1-3,6,10H,4-5,7-9H2,(H,20,21)/t10-,14+/m0/s1. The molecule has 2 aliphatic rings. The second-order valence-corrected chi connectivity index (χ2v) is 8.26. The second kappa shape index (κ2) is 6.39. The van der Waals surface area contributed by atoms with E-state index in [1.165, 1.54) is 0 Å². The summed E-state index contributed by atoms with van der Waals surface area (Å²) in [6, 6.07) is 4.04. The zero-order valence-electron chi connectivity index (χ0n) is 13.4. The monoisotopic (exact) mass is 395 g/mol. The SMILES string of the molecule is O=C(O)[C@]12COCC[C@H]1CN(S(=O)(=O)c1cccc(OC(F)(F)F)c1)C2. The Morgan fingerprint density at radius 2 is 2.12 bits per heavy atom. The van der Waals surface area contributed by atoms with Crippen molar-refractivity contribution in [1.82, 2.24) is 4.31 Å². The smallest absolute Gasteiger partial charge is 0.481 e. The van der Waals surface area contributed by atoms with Crippen LogP contribution in [-0.2, 0) is 19.6 Å². The van der Waals surface area contributed by atoms with Crippen LogP contribution in [0.1, 0.15) is 6.42 Å². The summed E-state index contributed by atoms with van der Waals surface area (Å²) in [5.41, 5.74) is -1.34. The molecular formula is C15H16F3NO6S. The Morgan fingerprint density at radius 3 is 2.73 bits per heavy atom. The van der Waals surface area contributed by atoms with E-state index in [1.807, 2.05) is 0 Å². The molecule has 2 aliphatic heterocycles. The summed E-state index contributed by atoms with van der Waals surface area (Å²) in [5, 5.41) is 9.58. The van der Waals surface area contributed by atoms with Crippen molar-refractivity contribution >= 4 is 16.0 Å². The minimum absolute atomic E-state index is 0.0254. The Kier molecular flexibility index (Phi) is 4.65. The average molecular weight is 395 g/mol. The maximum Gasteiger partial charge on any atom is 0.573 e. The van der Waals surface area contributed by atoms with Gasteiger partial charge in [0, 0.05) is 25.8 Å². The van der Waals surface area contributed by atoms with Crippen LogP contribution in [-0.4, -0.2) is 56.5 Å². The molecule has 0 bridgehead atoms. The van der Waals surface area contributed by atoms with Crippen molar-refractivity contribution in [2.24, 2.45) is 11.3 Å². The van der Waals surface area contributed by atoms with E-state index in [9.17, 15) is 31.5 Å². The molecule has 0 saturated carbocycles. The zero-order valence-corrected chi connectivity index (χ0v) is 14.2. The van der Waals surface area contributed by atoms with Crippen molar-refractivity contribution in [3.05, 3.63) is 24.3 Å². The second-order valence-electron chi connectivity index (χ2n) is 6.32. The zero-order chi connectivity index (χ0) is 19.2. The fourth-order valence-corrected chi connectivity index (χ4v) is 5.00. The number of hydrogen-bond donors (Lipinski definition) is 1. The van der Waals surface area contributed by atoms with Gasteiger partial charge in [-0.2, -0.15) is 4.31 Å². The molecule has 0 aliphatic carbocycles. The summed E-state index contributed by atoms with van der Waals surface area (Å²) in [6.07, 6.45) is -4.55. The van der Waals surface area contributed by atoms with Crippen molar-refractivity contribution in [3.63, 3.8) is 0 Å². The number of hydrogen-bond acceptors (Lipinski definition) is 5. The van der Waals surface area contributed by atoms with Crippen LogP contribution in [0.4, 0.5) is 13.2 Å². The highest BCUT2D eigenvalue weighted by Crippen LogP contribution is 2.43. The van der Waals surface area contributed by atoms with Crippen molar-refractivity contribution in [2.75, 3.05) is 26.3 Å². The van der Waals surface area contributed by atoms with Gasteiger partial charge >= 0.3 is 12.3 Å². The molecule has 1 aromatic carbocycles. The van der Waals surface area contributed by atoms with Gasteiger partial charge in [-0.25, -0.2) is 8.42 Å². The molecule has 7 nitrogen and oxygen atoms in total. The minimum Gasteiger partial charge on any atom is -0.481 e. The van der Waals surface area contributed by atoms with Gasteiger partial charge in [0.15, 0.2) is 0 Å². The Labute approximate surface area is 147 Å². The van der Waals surface area contributed by atoms with Crippen molar-refractivity contribution in [1.29, 1.82) is 0 Å². The van der Waals surface area contributed by atoms with E-state index < -0.39 is 39.4 Å². The maximum absolute atomic E-state index is 12.8. The van der Waals surface area contributed by atoms with Crippen LogP contribution >= 0.6 is 0 Å². The number of alkyl halides is 3. The van der Waals surface area contributed by atoms with Crippen molar-refractivity contribution in [3.8, 4) is 5.75 Å². The summed E-state index contributed by atoms with van der Waals surface area (Å²) >= 11 is 0. The predicted octanol–water partition coefficient (Wildman–Crippen LogP) is 1.70. The first-order valence-corrected chi connectivity index (χ1v) is 9.16. The molecule has 3 rings (SSSR count). The molecule has 0 aromatic heterocycles. The predicted molar refractivity (Wildman–Crippen MR) is 80.9 cm³/mol. The van der Waals surface area contributed by atoms with Gasteiger partial charge in [-0.05, 0) is 24.5 Å². The van der Waals surface area contributed by atoms with E-state index in [-0.39, 0.29) is 24.6 Å². The molecule has 2 fully saturated rings. The Morgan fingerprint density at radius 1 is 1.38 bits per heavy atom. The maximum atomic E-state index is 12.8. The molecule has 26 heavy (non-hydrogen) atoms. The number of nitrogens with zero attached hydrogens (tertiary/aromatic N) is 1. The van der Waals surface area contributed by atoms with Crippen LogP contribution in [0.3, 0.4) is 0 Å². The lowest BCUT2D eigenvalue weighted by molar-refractivity contribution is -0.274. The third-order valence-corrected chi connectivity index (χ3v) is 6.54. The number of carboxylic acid groups (broad SMARTS) is 1. The fourth-order valence-electron chi connectivity index (χ4n) is 3.41. The first-order chi connectivity index (χ1) is 12.0. The quantitative estimate of drug-likeness (QED) is 0.834. The molecule has 0 unspecified atom stereocenters. The van der Waals surface area contributed by atoms with E-state index >= 15 is 0 Å². The number of halogens is 3. The van der Waals surface area contributed by atoms with Crippen molar-refractivity contribution < 1.29 is 41.0 Å². The van der Waals surface area contributed by atoms with Gasteiger partial charge in [0.25, 0.3) is 0 Å². The number of sulfonamides is 1. The Hall–Kier alpha value is -1.85. The van der Waals surface area contributed by atoms with E-state index in [0.717, 1.165) is 28.6 Å². The van der Waals surface area contributed by atoms with Crippen LogP contribution < -0.4 is 4.74 Å². The van der Waals surface area contributed by atoms with E-state index in [1.54, 1.807) is 0 Å². The van der Waals surface area contributed by atoms with Crippen LogP contribution in [0.25, 0.3) is 0 Å². The van der Waals surface area contributed by atoms with Gasteiger partial charge in [0.05, 0.1) is 11.5 Å². The highest BCUT2D eigenvalue weighted by Gasteiger charge is 2.56.